The van der Waals surface area contributed by atoms with Crippen molar-refractivity contribution in [2.75, 3.05) is 31.6 Å². The number of carbonyl (C=O) groups is 1. The Morgan fingerprint density at radius 3 is 2.47 bits per heavy atom. The molecule has 0 atom stereocenters. The number of ether oxygens (including phenoxy) is 2. The normalized spacial score (nSPS) is 17.5. The second-order valence-electron chi connectivity index (χ2n) is 7.88. The molecule has 0 radical (unpaired) electrons. The predicted molar refractivity (Wildman–Crippen MR) is 114 cm³/mol. The first-order chi connectivity index (χ1) is 14.3. The topological polar surface area (TPSA) is 84.9 Å². The van der Waals surface area contributed by atoms with Crippen LogP contribution in [0.25, 0.3) is 0 Å². The monoisotopic (exact) mass is 430 g/mol. The van der Waals surface area contributed by atoms with Crippen molar-refractivity contribution in [2.24, 2.45) is 5.92 Å². The number of benzene rings is 2. The highest BCUT2D eigenvalue weighted by atomic mass is 32.2. The molecule has 8 heteroatoms. The number of hydrogen-bond donors (Lipinski definition) is 1. The predicted octanol–water partition coefficient (Wildman–Crippen LogP) is 3.44. The van der Waals surface area contributed by atoms with Gasteiger partial charge in [0.05, 0.1) is 4.90 Å². The van der Waals surface area contributed by atoms with Gasteiger partial charge in [-0.25, -0.2) is 8.42 Å². The summed E-state index contributed by atoms with van der Waals surface area (Å²) in [5.74, 6) is 1.38. The van der Waals surface area contributed by atoms with Crippen molar-refractivity contribution in [1.29, 1.82) is 0 Å². The lowest BCUT2D eigenvalue weighted by molar-refractivity contribution is 0.102. The molecule has 1 N–H and O–H groups in total. The van der Waals surface area contributed by atoms with Gasteiger partial charge in [-0.3, -0.25) is 4.79 Å². The second-order valence-corrected chi connectivity index (χ2v) is 9.81. The summed E-state index contributed by atoms with van der Waals surface area (Å²) in [7, 11) is -3.63. The van der Waals surface area contributed by atoms with Gasteiger partial charge in [-0.2, -0.15) is 4.31 Å². The zero-order chi connectivity index (χ0) is 21.3. The molecule has 1 amide bonds. The van der Waals surface area contributed by atoms with Gasteiger partial charge in [0, 0.05) is 30.4 Å². The molecule has 0 aliphatic carbocycles. The van der Waals surface area contributed by atoms with Crippen LogP contribution in [-0.2, 0) is 10.0 Å². The fourth-order valence-electron chi connectivity index (χ4n) is 3.70. The zero-order valence-electron chi connectivity index (χ0n) is 17.2. The number of amides is 1. The van der Waals surface area contributed by atoms with Gasteiger partial charge in [0.15, 0.2) is 11.5 Å². The summed E-state index contributed by atoms with van der Waals surface area (Å²) in [6.07, 6.45) is 1.70. The van der Waals surface area contributed by atoms with E-state index in [-0.39, 0.29) is 10.8 Å². The van der Waals surface area contributed by atoms with Crippen LogP contribution < -0.4 is 14.8 Å². The number of carbonyl (C=O) groups excluding carboxylic acids is 1. The van der Waals surface area contributed by atoms with Crippen LogP contribution in [0, 0.1) is 12.8 Å². The molecule has 0 spiro atoms. The lowest BCUT2D eigenvalue weighted by Crippen LogP contribution is -2.38. The van der Waals surface area contributed by atoms with Crippen molar-refractivity contribution < 1.29 is 22.7 Å². The average molecular weight is 431 g/mol. The van der Waals surface area contributed by atoms with Crippen LogP contribution in [-0.4, -0.2) is 44.9 Å². The van der Waals surface area contributed by atoms with Crippen LogP contribution in [0.15, 0.2) is 41.3 Å². The highest BCUT2D eigenvalue weighted by Crippen LogP contribution is 2.33. The molecule has 2 aliphatic heterocycles. The maximum atomic E-state index is 13.1. The molecule has 1 saturated heterocycles. The van der Waals surface area contributed by atoms with E-state index in [1.165, 1.54) is 10.4 Å². The van der Waals surface area contributed by atoms with E-state index in [0.29, 0.717) is 60.5 Å². The van der Waals surface area contributed by atoms with Crippen molar-refractivity contribution >= 4 is 21.6 Å². The molecular weight excluding hydrogens is 404 g/mol. The lowest BCUT2D eigenvalue weighted by Gasteiger charge is -2.29. The minimum absolute atomic E-state index is 0.148. The Hall–Kier alpha value is -2.58. The second kappa shape index (κ2) is 8.28. The maximum absolute atomic E-state index is 13.1. The molecule has 0 bridgehead atoms. The number of fused-ring (bicyclic) bond motifs is 1. The van der Waals surface area contributed by atoms with E-state index in [9.17, 15) is 13.2 Å². The Labute approximate surface area is 177 Å². The molecule has 2 aromatic rings. The highest BCUT2D eigenvalue weighted by molar-refractivity contribution is 7.89. The molecule has 30 heavy (non-hydrogen) atoms. The largest absolute Gasteiger partial charge is 0.486 e. The first kappa shape index (κ1) is 20.7. The SMILES string of the molecule is Cc1ccc(S(=O)(=O)N2CCC(C)CC2)cc1C(=O)Nc1ccc2c(c1)OCCO2. The fraction of sp³-hybridized carbons (Fsp3) is 0.409. The van der Waals surface area contributed by atoms with E-state index in [0.717, 1.165) is 12.8 Å². The third kappa shape index (κ3) is 4.15. The molecule has 1 fully saturated rings. The minimum atomic E-state index is -3.63. The van der Waals surface area contributed by atoms with Gasteiger partial charge in [0.1, 0.15) is 13.2 Å². The van der Waals surface area contributed by atoms with Gasteiger partial charge in [-0.1, -0.05) is 13.0 Å². The first-order valence-corrected chi connectivity index (χ1v) is 11.6. The molecular formula is C22H26N2O5S. The van der Waals surface area contributed by atoms with Crippen molar-refractivity contribution in [3.8, 4) is 11.5 Å². The summed E-state index contributed by atoms with van der Waals surface area (Å²) in [4.78, 5) is 13.1. The Bertz CT molecular complexity index is 1060. The first-order valence-electron chi connectivity index (χ1n) is 10.2. The fourth-order valence-corrected chi connectivity index (χ4v) is 5.20. The van der Waals surface area contributed by atoms with Crippen molar-refractivity contribution in [2.45, 2.75) is 31.6 Å². The Kier molecular flexibility index (Phi) is 5.71. The maximum Gasteiger partial charge on any atom is 0.255 e. The number of nitrogens with zero attached hydrogens (tertiary/aromatic N) is 1. The molecule has 2 aliphatic rings. The molecule has 0 saturated carbocycles. The van der Waals surface area contributed by atoms with Crippen LogP contribution in [0.2, 0.25) is 0 Å². The summed E-state index contributed by atoms with van der Waals surface area (Å²) in [6.45, 7) is 5.90. The van der Waals surface area contributed by atoms with E-state index < -0.39 is 10.0 Å². The van der Waals surface area contributed by atoms with Crippen molar-refractivity contribution in [3.63, 3.8) is 0 Å². The van der Waals surface area contributed by atoms with E-state index in [1.54, 1.807) is 37.3 Å². The number of nitrogens with one attached hydrogen (secondary N) is 1. The van der Waals surface area contributed by atoms with Crippen LogP contribution in [0.5, 0.6) is 11.5 Å². The Morgan fingerprint density at radius 1 is 1.03 bits per heavy atom. The average Bonchev–Trinajstić information content (AvgIpc) is 2.74. The molecule has 0 unspecified atom stereocenters. The van der Waals surface area contributed by atoms with Gasteiger partial charge in [-0.05, 0) is 55.5 Å². The number of piperidine rings is 1. The smallest absolute Gasteiger partial charge is 0.255 e. The number of sulfonamides is 1. The van der Waals surface area contributed by atoms with E-state index in [2.05, 4.69) is 12.2 Å². The molecule has 160 valence electrons. The minimum Gasteiger partial charge on any atom is -0.486 e. The molecule has 4 rings (SSSR count). The molecule has 7 nitrogen and oxygen atoms in total. The van der Waals surface area contributed by atoms with Gasteiger partial charge < -0.3 is 14.8 Å². The van der Waals surface area contributed by atoms with Crippen molar-refractivity contribution in [1.82, 2.24) is 4.31 Å². The summed E-state index contributed by atoms with van der Waals surface area (Å²) in [5.41, 5.74) is 1.59. The van der Waals surface area contributed by atoms with Crippen LogP contribution in [0.1, 0.15) is 35.7 Å². The zero-order valence-corrected chi connectivity index (χ0v) is 18.0. The van der Waals surface area contributed by atoms with Crippen molar-refractivity contribution in [3.05, 3.63) is 47.5 Å². The number of hydrogen-bond acceptors (Lipinski definition) is 5. The quantitative estimate of drug-likeness (QED) is 0.803. The summed E-state index contributed by atoms with van der Waals surface area (Å²) < 4.78 is 38.7. The van der Waals surface area contributed by atoms with E-state index >= 15 is 0 Å². The standard InChI is InChI=1S/C22H26N2O5S/c1-15-7-9-24(10-8-15)30(26,27)18-5-3-16(2)19(14-18)22(25)23-17-4-6-20-21(13-17)29-12-11-28-20/h3-6,13-15H,7-12H2,1-2H3,(H,23,25). The third-order valence-corrected chi connectivity index (χ3v) is 7.53. The number of rotatable bonds is 4. The highest BCUT2D eigenvalue weighted by Gasteiger charge is 2.29. The Balaban J connectivity index is 1.56. The van der Waals surface area contributed by atoms with Gasteiger partial charge >= 0.3 is 0 Å². The molecule has 0 aromatic heterocycles. The molecule has 2 heterocycles. The summed E-state index contributed by atoms with van der Waals surface area (Å²) in [5, 5.41) is 2.83. The summed E-state index contributed by atoms with van der Waals surface area (Å²) in [6, 6.07) is 9.90. The van der Waals surface area contributed by atoms with Gasteiger partial charge in [0.25, 0.3) is 5.91 Å². The van der Waals surface area contributed by atoms with Crippen LogP contribution in [0.3, 0.4) is 0 Å². The summed E-state index contributed by atoms with van der Waals surface area (Å²) >= 11 is 0. The number of anilines is 1. The number of aryl methyl sites for hydroxylation is 1. The van der Waals surface area contributed by atoms with Gasteiger partial charge in [0.2, 0.25) is 10.0 Å². The van der Waals surface area contributed by atoms with Gasteiger partial charge in [-0.15, -0.1) is 0 Å². The van der Waals surface area contributed by atoms with E-state index in [1.807, 2.05) is 0 Å². The lowest BCUT2D eigenvalue weighted by atomic mass is 10.0. The van der Waals surface area contributed by atoms with E-state index in [4.69, 9.17) is 9.47 Å². The Morgan fingerprint density at radius 2 is 1.73 bits per heavy atom. The van der Waals surface area contributed by atoms with Crippen LogP contribution >= 0.6 is 0 Å². The third-order valence-electron chi connectivity index (χ3n) is 5.63. The molecule has 2 aromatic carbocycles. The van der Waals surface area contributed by atoms with Crippen LogP contribution in [0.4, 0.5) is 5.69 Å².